The molecule has 132 valence electrons. The van der Waals surface area contributed by atoms with Crippen molar-refractivity contribution in [2.45, 2.75) is 12.1 Å². The number of methoxy groups -OCH3 is 1. The Bertz CT molecular complexity index is 738. The van der Waals surface area contributed by atoms with Crippen LogP contribution in [0, 0.1) is 5.82 Å². The van der Waals surface area contributed by atoms with Crippen LogP contribution in [0.3, 0.4) is 0 Å². The molecule has 0 radical (unpaired) electrons. The summed E-state index contributed by atoms with van der Waals surface area (Å²) in [5.41, 5.74) is 1.57. The summed E-state index contributed by atoms with van der Waals surface area (Å²) in [5, 5.41) is 0.516. The van der Waals surface area contributed by atoms with Crippen molar-refractivity contribution in [1.29, 1.82) is 0 Å². The van der Waals surface area contributed by atoms with E-state index in [4.69, 9.17) is 21.1 Å². The third kappa shape index (κ3) is 4.00. The predicted molar refractivity (Wildman–Crippen MR) is 92.9 cm³/mol. The van der Waals surface area contributed by atoms with Crippen molar-refractivity contribution in [3.8, 4) is 0 Å². The van der Waals surface area contributed by atoms with Crippen LogP contribution in [0.4, 0.5) is 4.39 Å². The van der Waals surface area contributed by atoms with Crippen LogP contribution in [0.25, 0.3) is 0 Å². The summed E-state index contributed by atoms with van der Waals surface area (Å²) in [6.45, 7) is 1.51. The minimum Gasteiger partial charge on any atom is -0.468 e. The summed E-state index contributed by atoms with van der Waals surface area (Å²) in [5.74, 6) is -0.659. The van der Waals surface area contributed by atoms with Gasteiger partial charge in [0, 0.05) is 18.1 Å². The highest BCUT2D eigenvalue weighted by molar-refractivity contribution is 6.31. The first-order chi connectivity index (χ1) is 12.1. The fraction of sp³-hybridized carbons (Fsp3) is 0.316. The second-order valence-corrected chi connectivity index (χ2v) is 6.26. The van der Waals surface area contributed by atoms with E-state index < -0.39 is 6.04 Å². The van der Waals surface area contributed by atoms with Crippen LogP contribution in [0.2, 0.25) is 5.02 Å². The molecular formula is C19H19ClFNO3. The van der Waals surface area contributed by atoms with E-state index in [1.807, 2.05) is 23.1 Å². The molecule has 0 spiro atoms. The van der Waals surface area contributed by atoms with Gasteiger partial charge in [0.1, 0.15) is 11.9 Å². The van der Waals surface area contributed by atoms with Crippen molar-refractivity contribution >= 4 is 17.6 Å². The summed E-state index contributed by atoms with van der Waals surface area (Å²) in [7, 11) is 1.37. The maximum absolute atomic E-state index is 13.1. The second kappa shape index (κ2) is 7.95. The molecule has 2 atom stereocenters. The highest BCUT2D eigenvalue weighted by atomic mass is 35.5. The van der Waals surface area contributed by atoms with Gasteiger partial charge in [-0.3, -0.25) is 4.90 Å². The normalized spacial score (nSPS) is 19.4. The average molecular weight is 364 g/mol. The maximum atomic E-state index is 13.1. The number of nitrogens with zero attached hydrogens (tertiary/aromatic N) is 1. The van der Waals surface area contributed by atoms with Crippen molar-refractivity contribution in [1.82, 2.24) is 4.90 Å². The Morgan fingerprint density at radius 2 is 2.00 bits per heavy atom. The Hall–Kier alpha value is -1.95. The Morgan fingerprint density at radius 3 is 2.68 bits per heavy atom. The zero-order chi connectivity index (χ0) is 17.8. The number of hydrogen-bond donors (Lipinski definition) is 0. The van der Waals surface area contributed by atoms with Gasteiger partial charge in [-0.1, -0.05) is 41.9 Å². The third-order valence-electron chi connectivity index (χ3n) is 4.33. The van der Waals surface area contributed by atoms with Crippen LogP contribution in [0.15, 0.2) is 48.5 Å². The standard InChI is InChI=1S/C19H19ClFNO3/c1-24-19(23)18(15-4-2-3-5-16(15)20)22-10-11-25-17(12-22)13-6-8-14(21)9-7-13/h2-9,17-18H,10-12H2,1H3/t17-,18+/m0/s1. The Balaban J connectivity index is 1.87. The fourth-order valence-electron chi connectivity index (χ4n) is 3.06. The van der Waals surface area contributed by atoms with Gasteiger partial charge >= 0.3 is 5.97 Å². The molecule has 0 saturated carbocycles. The second-order valence-electron chi connectivity index (χ2n) is 5.85. The number of benzene rings is 2. The quantitative estimate of drug-likeness (QED) is 0.775. The first-order valence-corrected chi connectivity index (χ1v) is 8.41. The van der Waals surface area contributed by atoms with Gasteiger partial charge in [-0.25, -0.2) is 9.18 Å². The van der Waals surface area contributed by atoms with E-state index in [0.29, 0.717) is 30.3 Å². The molecular weight excluding hydrogens is 345 g/mol. The molecule has 0 N–H and O–H groups in total. The van der Waals surface area contributed by atoms with E-state index >= 15 is 0 Å². The molecule has 6 heteroatoms. The van der Waals surface area contributed by atoms with Crippen LogP contribution in [-0.4, -0.2) is 37.7 Å². The van der Waals surface area contributed by atoms with Gasteiger partial charge in [0.15, 0.2) is 0 Å². The number of halogens is 2. The molecule has 1 fully saturated rings. The molecule has 0 amide bonds. The largest absolute Gasteiger partial charge is 0.468 e. The van der Waals surface area contributed by atoms with E-state index in [0.717, 1.165) is 5.56 Å². The fourth-order valence-corrected chi connectivity index (χ4v) is 3.30. The molecule has 1 heterocycles. The summed E-state index contributed by atoms with van der Waals surface area (Å²) >= 11 is 6.30. The lowest BCUT2D eigenvalue weighted by Crippen LogP contribution is -2.44. The van der Waals surface area contributed by atoms with Crippen LogP contribution >= 0.6 is 11.6 Å². The average Bonchev–Trinajstić information content (AvgIpc) is 2.64. The summed E-state index contributed by atoms with van der Waals surface area (Å²) < 4.78 is 24.0. The van der Waals surface area contributed by atoms with Crippen LogP contribution in [0.1, 0.15) is 23.3 Å². The summed E-state index contributed by atoms with van der Waals surface area (Å²) in [6.07, 6.45) is -0.246. The number of ether oxygens (including phenoxy) is 2. The Morgan fingerprint density at radius 1 is 1.28 bits per heavy atom. The van der Waals surface area contributed by atoms with Gasteiger partial charge in [0.05, 0.1) is 19.8 Å². The van der Waals surface area contributed by atoms with E-state index in [1.54, 1.807) is 18.2 Å². The first kappa shape index (κ1) is 17.9. The molecule has 0 bridgehead atoms. The van der Waals surface area contributed by atoms with E-state index in [1.165, 1.54) is 19.2 Å². The summed E-state index contributed by atoms with van der Waals surface area (Å²) in [4.78, 5) is 14.4. The number of esters is 1. The van der Waals surface area contributed by atoms with E-state index in [9.17, 15) is 9.18 Å². The molecule has 3 rings (SSSR count). The number of rotatable bonds is 4. The lowest BCUT2D eigenvalue weighted by molar-refractivity contribution is -0.150. The molecule has 25 heavy (non-hydrogen) atoms. The zero-order valence-electron chi connectivity index (χ0n) is 13.8. The van der Waals surface area contributed by atoms with Crippen LogP contribution in [0.5, 0.6) is 0 Å². The van der Waals surface area contributed by atoms with E-state index in [-0.39, 0.29) is 17.9 Å². The monoisotopic (exact) mass is 363 g/mol. The minimum atomic E-state index is -0.606. The Kier molecular flexibility index (Phi) is 5.68. The van der Waals surface area contributed by atoms with E-state index in [2.05, 4.69) is 0 Å². The number of carbonyl (C=O) groups excluding carboxylic acids is 1. The Labute approximate surface area is 151 Å². The highest BCUT2D eigenvalue weighted by Gasteiger charge is 2.34. The van der Waals surface area contributed by atoms with Crippen molar-refractivity contribution in [3.05, 3.63) is 70.5 Å². The van der Waals surface area contributed by atoms with Crippen molar-refractivity contribution in [3.63, 3.8) is 0 Å². The van der Waals surface area contributed by atoms with Crippen LogP contribution in [-0.2, 0) is 14.3 Å². The van der Waals surface area contributed by atoms with Gasteiger partial charge in [-0.05, 0) is 29.3 Å². The predicted octanol–water partition coefficient (Wildman–Crippen LogP) is 3.77. The first-order valence-electron chi connectivity index (χ1n) is 8.03. The van der Waals surface area contributed by atoms with Gasteiger partial charge in [-0.2, -0.15) is 0 Å². The molecule has 4 nitrogen and oxygen atoms in total. The minimum absolute atomic E-state index is 0.246. The van der Waals surface area contributed by atoms with Crippen molar-refractivity contribution in [2.24, 2.45) is 0 Å². The molecule has 2 aromatic rings. The van der Waals surface area contributed by atoms with Crippen molar-refractivity contribution in [2.75, 3.05) is 26.8 Å². The van der Waals surface area contributed by atoms with Crippen LogP contribution < -0.4 is 0 Å². The molecule has 0 aromatic heterocycles. The molecule has 1 saturated heterocycles. The van der Waals surface area contributed by atoms with Crippen molar-refractivity contribution < 1.29 is 18.7 Å². The van der Waals surface area contributed by atoms with Gasteiger partial charge < -0.3 is 9.47 Å². The topological polar surface area (TPSA) is 38.8 Å². The lowest BCUT2D eigenvalue weighted by atomic mass is 10.0. The third-order valence-corrected chi connectivity index (χ3v) is 4.67. The molecule has 1 aliphatic rings. The van der Waals surface area contributed by atoms with Gasteiger partial charge in [-0.15, -0.1) is 0 Å². The zero-order valence-corrected chi connectivity index (χ0v) is 14.6. The SMILES string of the molecule is COC(=O)[C@@H](c1ccccc1Cl)N1CCO[C@H](c2ccc(F)cc2)C1. The molecule has 2 aromatic carbocycles. The molecule has 0 aliphatic carbocycles. The smallest absolute Gasteiger partial charge is 0.327 e. The molecule has 1 aliphatic heterocycles. The molecule has 0 unspecified atom stereocenters. The number of morpholine rings is 1. The summed E-state index contributed by atoms with van der Waals surface area (Å²) in [6, 6.07) is 12.9. The van der Waals surface area contributed by atoms with Gasteiger partial charge in [0.2, 0.25) is 0 Å². The van der Waals surface area contributed by atoms with Gasteiger partial charge in [0.25, 0.3) is 0 Å². The lowest BCUT2D eigenvalue weighted by Gasteiger charge is -2.37. The highest BCUT2D eigenvalue weighted by Crippen LogP contribution is 2.33. The number of hydrogen-bond acceptors (Lipinski definition) is 4. The maximum Gasteiger partial charge on any atom is 0.327 e. The number of carbonyl (C=O) groups is 1.